The fraction of sp³-hybridized carbons (Fsp3) is 0.240. The molecular weight excluding hydrogens is 450 g/mol. The van der Waals surface area contributed by atoms with Gasteiger partial charge in [-0.1, -0.05) is 36.4 Å². The van der Waals surface area contributed by atoms with Gasteiger partial charge in [-0.15, -0.1) is 0 Å². The number of H-pyrrole nitrogens is 2. The third kappa shape index (κ3) is 5.34. The number of aromatic amines is 2. The van der Waals surface area contributed by atoms with Crippen LogP contribution >= 0.6 is 0 Å². The van der Waals surface area contributed by atoms with Crippen molar-refractivity contribution in [2.45, 2.75) is 31.0 Å². The molecule has 10 heteroatoms. The standard InChI is InChI=1S/C25H27N5O5/c26-18(9-14-11-27-19-7-3-1-5-16(14)19)23(32)29-21(24(33)30-22(13-31)25(34)35)10-15-12-28-20-8-4-2-6-17(15)20/h1-8,11-12,18,21-22,27-28,31H,9-10,13,26H2,(H,29,32)(H,30,33)(H,34,35). The van der Waals surface area contributed by atoms with E-state index in [0.29, 0.717) is 0 Å². The van der Waals surface area contributed by atoms with E-state index in [1.54, 1.807) is 12.4 Å². The van der Waals surface area contributed by atoms with E-state index < -0.39 is 42.5 Å². The summed E-state index contributed by atoms with van der Waals surface area (Å²) in [4.78, 5) is 43.5. The number of benzene rings is 2. The first-order valence-corrected chi connectivity index (χ1v) is 11.2. The van der Waals surface area contributed by atoms with Crippen molar-refractivity contribution in [3.05, 3.63) is 72.1 Å². The number of carbonyl (C=O) groups excluding carboxylic acids is 2. The number of fused-ring (bicyclic) bond motifs is 2. The molecule has 8 N–H and O–H groups in total. The van der Waals surface area contributed by atoms with E-state index in [0.717, 1.165) is 32.9 Å². The third-order valence-electron chi connectivity index (χ3n) is 5.98. The first-order chi connectivity index (χ1) is 16.9. The van der Waals surface area contributed by atoms with Gasteiger partial charge in [-0.25, -0.2) is 4.79 Å². The summed E-state index contributed by atoms with van der Waals surface area (Å²) in [6.45, 7) is -0.783. The summed E-state index contributed by atoms with van der Waals surface area (Å²) in [7, 11) is 0. The number of nitrogens with one attached hydrogen (secondary N) is 4. The predicted octanol–water partition coefficient (Wildman–Crippen LogP) is 0.808. The van der Waals surface area contributed by atoms with Crippen LogP contribution in [-0.2, 0) is 27.2 Å². The number of rotatable bonds is 10. The average molecular weight is 478 g/mol. The summed E-state index contributed by atoms with van der Waals surface area (Å²) in [6.07, 6.45) is 3.88. The van der Waals surface area contributed by atoms with Crippen LogP contribution in [0.2, 0.25) is 0 Å². The maximum Gasteiger partial charge on any atom is 0.328 e. The molecule has 0 aliphatic heterocycles. The fourth-order valence-electron chi connectivity index (χ4n) is 4.10. The van der Waals surface area contributed by atoms with Gasteiger partial charge in [0, 0.05) is 40.6 Å². The lowest BCUT2D eigenvalue weighted by atomic mass is 10.0. The Labute approximate surface area is 200 Å². The Morgan fingerprint density at radius 2 is 1.31 bits per heavy atom. The Morgan fingerprint density at radius 3 is 1.86 bits per heavy atom. The van der Waals surface area contributed by atoms with Gasteiger partial charge in [0.05, 0.1) is 12.6 Å². The SMILES string of the molecule is NC(Cc1c[nH]c2ccccc12)C(=O)NC(Cc1c[nH]c2ccccc12)C(=O)NC(CO)C(=O)O. The molecule has 10 nitrogen and oxygen atoms in total. The monoisotopic (exact) mass is 477 g/mol. The minimum atomic E-state index is -1.50. The number of aliphatic carboxylic acids is 1. The highest BCUT2D eigenvalue weighted by Crippen LogP contribution is 2.20. The molecule has 3 unspecified atom stereocenters. The van der Waals surface area contributed by atoms with Gasteiger partial charge < -0.3 is 36.5 Å². The summed E-state index contributed by atoms with van der Waals surface area (Å²) >= 11 is 0. The van der Waals surface area contributed by atoms with E-state index in [1.807, 2.05) is 48.5 Å². The quantitative estimate of drug-likeness (QED) is 0.178. The molecule has 0 spiro atoms. The maximum absolute atomic E-state index is 13.0. The molecule has 4 rings (SSSR count). The second-order valence-electron chi connectivity index (χ2n) is 8.38. The van der Waals surface area contributed by atoms with Gasteiger partial charge in [-0.2, -0.15) is 0 Å². The minimum Gasteiger partial charge on any atom is -0.480 e. The molecule has 182 valence electrons. The van der Waals surface area contributed by atoms with Crippen LogP contribution in [0.1, 0.15) is 11.1 Å². The number of carbonyl (C=O) groups is 3. The molecule has 0 fully saturated rings. The third-order valence-corrected chi connectivity index (χ3v) is 5.98. The number of para-hydroxylation sites is 2. The Hall–Kier alpha value is -4.15. The van der Waals surface area contributed by atoms with Crippen molar-refractivity contribution in [2.75, 3.05) is 6.61 Å². The van der Waals surface area contributed by atoms with Crippen molar-refractivity contribution < 1.29 is 24.6 Å². The molecule has 2 aromatic heterocycles. The van der Waals surface area contributed by atoms with Crippen molar-refractivity contribution in [3.63, 3.8) is 0 Å². The topological polar surface area (TPSA) is 173 Å². The molecule has 3 atom stereocenters. The van der Waals surface area contributed by atoms with E-state index >= 15 is 0 Å². The van der Waals surface area contributed by atoms with Crippen molar-refractivity contribution >= 4 is 39.6 Å². The van der Waals surface area contributed by atoms with Gasteiger partial charge in [-0.3, -0.25) is 9.59 Å². The largest absolute Gasteiger partial charge is 0.480 e. The zero-order valence-electron chi connectivity index (χ0n) is 18.8. The lowest BCUT2D eigenvalue weighted by Gasteiger charge is -2.22. The van der Waals surface area contributed by atoms with Crippen LogP contribution in [0, 0.1) is 0 Å². The van der Waals surface area contributed by atoms with Crippen LogP contribution in [0.3, 0.4) is 0 Å². The highest BCUT2D eigenvalue weighted by atomic mass is 16.4. The van der Waals surface area contributed by atoms with Crippen molar-refractivity contribution in [3.8, 4) is 0 Å². The first kappa shape index (κ1) is 24.0. The van der Waals surface area contributed by atoms with Crippen molar-refractivity contribution in [2.24, 2.45) is 5.73 Å². The summed E-state index contributed by atoms with van der Waals surface area (Å²) in [5.41, 5.74) is 9.61. The van der Waals surface area contributed by atoms with E-state index in [9.17, 15) is 24.6 Å². The molecule has 35 heavy (non-hydrogen) atoms. The lowest BCUT2D eigenvalue weighted by Crippen LogP contribution is -2.56. The molecule has 0 saturated heterocycles. The zero-order valence-corrected chi connectivity index (χ0v) is 18.8. The number of aliphatic hydroxyl groups excluding tert-OH is 1. The molecular formula is C25H27N5O5. The van der Waals surface area contributed by atoms with E-state index in [1.165, 1.54) is 0 Å². The smallest absolute Gasteiger partial charge is 0.328 e. The van der Waals surface area contributed by atoms with Crippen LogP contribution in [0.25, 0.3) is 21.8 Å². The molecule has 2 amide bonds. The first-order valence-electron chi connectivity index (χ1n) is 11.2. The van der Waals surface area contributed by atoms with Crippen LogP contribution in [0.15, 0.2) is 60.9 Å². The molecule has 0 radical (unpaired) electrons. The number of hydrogen-bond donors (Lipinski definition) is 7. The second kappa shape index (κ2) is 10.4. The number of amides is 2. The van der Waals surface area contributed by atoms with Gasteiger partial charge in [0.2, 0.25) is 11.8 Å². The molecule has 0 bridgehead atoms. The molecule has 2 heterocycles. The summed E-state index contributed by atoms with van der Waals surface area (Å²) in [5.74, 6) is -2.66. The Bertz CT molecular complexity index is 1360. The number of nitrogens with two attached hydrogens (primary N) is 1. The van der Waals surface area contributed by atoms with Gasteiger partial charge >= 0.3 is 5.97 Å². The minimum absolute atomic E-state index is 0.0964. The average Bonchev–Trinajstić information content (AvgIpc) is 3.46. The Morgan fingerprint density at radius 1 is 0.800 bits per heavy atom. The normalized spacial score (nSPS) is 13.9. The number of hydrogen-bond acceptors (Lipinski definition) is 5. The van der Waals surface area contributed by atoms with Crippen molar-refractivity contribution in [1.29, 1.82) is 0 Å². The van der Waals surface area contributed by atoms with E-state index in [-0.39, 0.29) is 12.8 Å². The highest BCUT2D eigenvalue weighted by molar-refractivity contribution is 5.93. The van der Waals surface area contributed by atoms with Gasteiger partial charge in [-0.05, 0) is 29.7 Å². The van der Waals surface area contributed by atoms with Gasteiger partial charge in [0.15, 0.2) is 0 Å². The molecule has 4 aromatic rings. The van der Waals surface area contributed by atoms with Crippen molar-refractivity contribution in [1.82, 2.24) is 20.6 Å². The number of aliphatic hydroxyl groups is 1. The van der Waals surface area contributed by atoms with E-state index in [2.05, 4.69) is 20.6 Å². The van der Waals surface area contributed by atoms with Crippen LogP contribution in [0.5, 0.6) is 0 Å². The molecule has 0 aliphatic carbocycles. The highest BCUT2D eigenvalue weighted by Gasteiger charge is 2.29. The number of carboxylic acids is 1. The van der Waals surface area contributed by atoms with E-state index in [4.69, 9.17) is 5.73 Å². The second-order valence-corrected chi connectivity index (χ2v) is 8.38. The van der Waals surface area contributed by atoms with Crippen LogP contribution in [0.4, 0.5) is 0 Å². The molecule has 2 aromatic carbocycles. The Balaban J connectivity index is 1.53. The predicted molar refractivity (Wildman–Crippen MR) is 131 cm³/mol. The maximum atomic E-state index is 13.0. The van der Waals surface area contributed by atoms with Gasteiger partial charge in [0.25, 0.3) is 0 Å². The van der Waals surface area contributed by atoms with Gasteiger partial charge in [0.1, 0.15) is 12.1 Å². The van der Waals surface area contributed by atoms with Crippen LogP contribution < -0.4 is 16.4 Å². The molecule has 0 saturated carbocycles. The summed E-state index contributed by atoms with van der Waals surface area (Å²) < 4.78 is 0. The number of aromatic nitrogens is 2. The van der Waals surface area contributed by atoms with Crippen LogP contribution in [-0.4, -0.2) is 62.7 Å². The molecule has 0 aliphatic rings. The Kier molecular flexibility index (Phi) is 7.14. The zero-order chi connectivity index (χ0) is 24.9. The summed E-state index contributed by atoms with van der Waals surface area (Å²) in [5, 5.41) is 25.3. The lowest BCUT2D eigenvalue weighted by molar-refractivity contribution is -0.143. The number of carboxylic acid groups (broad SMARTS) is 1. The summed E-state index contributed by atoms with van der Waals surface area (Å²) in [6, 6.07) is 11.6. The fourth-order valence-corrected chi connectivity index (χ4v) is 4.10.